The third kappa shape index (κ3) is 1.59. The number of imide groups is 1. The SMILES string of the molecule is O=C1c2ccccc2C(=O)N1C1(c2ncccn2)CSC1. The average Bonchev–Trinajstić information content (AvgIpc) is 2.74. The molecule has 6 heteroatoms. The standard InChI is InChI=1S/C15H11N3O2S/c19-12-10-4-1-2-5-11(10)13(20)18(12)15(8-21-9-15)14-16-6-3-7-17-14/h1-7H,8-9H2. The van der Waals surface area contributed by atoms with Gasteiger partial charge in [0.15, 0.2) is 5.82 Å². The van der Waals surface area contributed by atoms with Gasteiger partial charge in [-0.1, -0.05) is 12.1 Å². The number of benzene rings is 1. The fourth-order valence-electron chi connectivity index (χ4n) is 2.77. The number of hydrogen-bond donors (Lipinski definition) is 0. The number of rotatable bonds is 2. The van der Waals surface area contributed by atoms with Crippen LogP contribution >= 0.6 is 11.8 Å². The molecule has 2 aliphatic heterocycles. The molecule has 2 amide bonds. The smallest absolute Gasteiger partial charge is 0.262 e. The summed E-state index contributed by atoms with van der Waals surface area (Å²) in [4.78, 5) is 35.2. The van der Waals surface area contributed by atoms with Crippen molar-refractivity contribution in [3.8, 4) is 0 Å². The summed E-state index contributed by atoms with van der Waals surface area (Å²) in [6, 6.07) is 8.66. The second kappa shape index (κ2) is 4.39. The summed E-state index contributed by atoms with van der Waals surface area (Å²) < 4.78 is 0. The molecule has 21 heavy (non-hydrogen) atoms. The number of thioether (sulfide) groups is 1. The van der Waals surface area contributed by atoms with E-state index in [2.05, 4.69) is 9.97 Å². The van der Waals surface area contributed by atoms with Crippen LogP contribution in [-0.4, -0.2) is 38.2 Å². The van der Waals surface area contributed by atoms with Gasteiger partial charge in [0.2, 0.25) is 0 Å². The van der Waals surface area contributed by atoms with E-state index in [9.17, 15) is 9.59 Å². The largest absolute Gasteiger partial charge is 0.269 e. The molecule has 0 radical (unpaired) electrons. The number of nitrogens with zero attached hydrogens (tertiary/aromatic N) is 3. The van der Waals surface area contributed by atoms with E-state index in [1.54, 1.807) is 54.5 Å². The molecule has 0 spiro atoms. The lowest BCUT2D eigenvalue weighted by molar-refractivity contribution is 0.0458. The zero-order chi connectivity index (χ0) is 14.4. The maximum absolute atomic E-state index is 12.7. The molecular formula is C15H11N3O2S. The topological polar surface area (TPSA) is 63.2 Å². The predicted octanol–water partition coefficient (Wildman–Crippen LogP) is 1.71. The van der Waals surface area contributed by atoms with Crippen LogP contribution < -0.4 is 0 Å². The van der Waals surface area contributed by atoms with Crippen LogP contribution in [0.3, 0.4) is 0 Å². The van der Waals surface area contributed by atoms with Crippen LogP contribution in [0.5, 0.6) is 0 Å². The Morgan fingerprint density at radius 2 is 1.52 bits per heavy atom. The minimum atomic E-state index is -0.709. The highest BCUT2D eigenvalue weighted by Crippen LogP contribution is 2.45. The molecule has 1 saturated heterocycles. The van der Waals surface area contributed by atoms with Gasteiger partial charge in [0.05, 0.1) is 11.1 Å². The zero-order valence-electron chi connectivity index (χ0n) is 11.0. The van der Waals surface area contributed by atoms with E-state index in [4.69, 9.17) is 0 Å². The van der Waals surface area contributed by atoms with Gasteiger partial charge in [-0.3, -0.25) is 14.5 Å². The van der Waals surface area contributed by atoms with E-state index >= 15 is 0 Å². The van der Waals surface area contributed by atoms with Crippen LogP contribution in [0.2, 0.25) is 0 Å². The highest BCUT2D eigenvalue weighted by Gasteiger charge is 2.55. The Hall–Kier alpha value is -2.21. The molecule has 4 rings (SSSR count). The maximum atomic E-state index is 12.7. The summed E-state index contributed by atoms with van der Waals surface area (Å²) in [7, 11) is 0. The number of fused-ring (bicyclic) bond motifs is 1. The minimum Gasteiger partial charge on any atom is -0.269 e. The van der Waals surface area contributed by atoms with Crippen molar-refractivity contribution in [1.29, 1.82) is 0 Å². The van der Waals surface area contributed by atoms with Gasteiger partial charge in [-0.05, 0) is 18.2 Å². The first-order chi connectivity index (χ1) is 10.2. The number of carbonyl (C=O) groups is 2. The van der Waals surface area contributed by atoms with Gasteiger partial charge in [0.1, 0.15) is 5.54 Å². The van der Waals surface area contributed by atoms with Gasteiger partial charge < -0.3 is 0 Å². The molecule has 0 unspecified atom stereocenters. The Bertz CT molecular complexity index is 709. The first-order valence-corrected chi connectivity index (χ1v) is 7.73. The zero-order valence-corrected chi connectivity index (χ0v) is 11.8. The highest BCUT2D eigenvalue weighted by atomic mass is 32.2. The first kappa shape index (κ1) is 12.5. The van der Waals surface area contributed by atoms with E-state index in [0.29, 0.717) is 28.5 Å². The summed E-state index contributed by atoms with van der Waals surface area (Å²) in [5.41, 5.74) is 0.225. The lowest BCUT2D eigenvalue weighted by Crippen LogP contribution is -2.58. The van der Waals surface area contributed by atoms with Crippen molar-refractivity contribution in [1.82, 2.24) is 14.9 Å². The Morgan fingerprint density at radius 1 is 0.952 bits per heavy atom. The second-order valence-electron chi connectivity index (χ2n) is 5.09. The van der Waals surface area contributed by atoms with Crippen LogP contribution in [0.25, 0.3) is 0 Å². The van der Waals surface area contributed by atoms with Gasteiger partial charge in [-0.15, -0.1) is 0 Å². The summed E-state index contributed by atoms with van der Waals surface area (Å²) in [6.07, 6.45) is 3.29. The van der Waals surface area contributed by atoms with Gasteiger partial charge in [-0.25, -0.2) is 9.97 Å². The van der Waals surface area contributed by atoms with Crippen molar-refractivity contribution in [2.24, 2.45) is 0 Å². The van der Waals surface area contributed by atoms with Gasteiger partial charge in [0.25, 0.3) is 11.8 Å². The minimum absolute atomic E-state index is 0.247. The van der Waals surface area contributed by atoms with Crippen molar-refractivity contribution in [3.63, 3.8) is 0 Å². The van der Waals surface area contributed by atoms with E-state index in [-0.39, 0.29) is 11.8 Å². The fourth-order valence-corrected chi connectivity index (χ4v) is 3.88. The third-order valence-corrected chi connectivity index (χ3v) is 5.25. The summed E-state index contributed by atoms with van der Waals surface area (Å²) >= 11 is 1.68. The highest BCUT2D eigenvalue weighted by molar-refractivity contribution is 8.00. The molecule has 0 bridgehead atoms. The molecule has 0 atom stereocenters. The van der Waals surface area contributed by atoms with Crippen molar-refractivity contribution in [2.45, 2.75) is 5.54 Å². The van der Waals surface area contributed by atoms with Crippen LogP contribution in [0.1, 0.15) is 26.5 Å². The molecule has 104 valence electrons. The van der Waals surface area contributed by atoms with Crippen LogP contribution in [0, 0.1) is 0 Å². The number of amides is 2. The first-order valence-electron chi connectivity index (χ1n) is 6.57. The Morgan fingerprint density at radius 3 is 2.00 bits per heavy atom. The quantitative estimate of drug-likeness (QED) is 0.790. The second-order valence-corrected chi connectivity index (χ2v) is 6.07. The Labute approximate surface area is 125 Å². The summed E-state index contributed by atoms with van der Waals surface area (Å²) in [6.45, 7) is 0. The molecule has 5 nitrogen and oxygen atoms in total. The number of aromatic nitrogens is 2. The molecule has 1 fully saturated rings. The predicted molar refractivity (Wildman–Crippen MR) is 78.0 cm³/mol. The molecular weight excluding hydrogens is 286 g/mol. The maximum Gasteiger partial charge on any atom is 0.262 e. The monoisotopic (exact) mass is 297 g/mol. The lowest BCUT2D eigenvalue weighted by Gasteiger charge is -2.45. The molecule has 1 aromatic heterocycles. The van der Waals surface area contributed by atoms with Crippen LogP contribution in [-0.2, 0) is 5.54 Å². The molecule has 3 heterocycles. The van der Waals surface area contributed by atoms with Crippen molar-refractivity contribution in [2.75, 3.05) is 11.5 Å². The van der Waals surface area contributed by atoms with E-state index < -0.39 is 5.54 Å². The molecule has 2 aliphatic rings. The number of carbonyl (C=O) groups excluding carboxylic acids is 2. The fraction of sp³-hybridized carbons (Fsp3) is 0.200. The molecule has 0 saturated carbocycles. The molecule has 2 aromatic rings. The number of hydrogen-bond acceptors (Lipinski definition) is 5. The molecule has 1 aromatic carbocycles. The van der Waals surface area contributed by atoms with E-state index in [1.807, 2.05) is 0 Å². The van der Waals surface area contributed by atoms with Gasteiger partial charge in [-0.2, -0.15) is 11.8 Å². The van der Waals surface area contributed by atoms with Crippen molar-refractivity contribution in [3.05, 3.63) is 59.7 Å². The lowest BCUT2D eigenvalue weighted by atomic mass is 9.99. The molecule has 0 aliphatic carbocycles. The van der Waals surface area contributed by atoms with Crippen molar-refractivity contribution >= 4 is 23.6 Å². The molecule has 0 N–H and O–H groups in total. The van der Waals surface area contributed by atoms with E-state index in [1.165, 1.54) is 4.90 Å². The third-order valence-electron chi connectivity index (χ3n) is 3.89. The van der Waals surface area contributed by atoms with Gasteiger partial charge in [0, 0.05) is 23.9 Å². The normalized spacial score (nSPS) is 19.3. The summed E-state index contributed by atoms with van der Waals surface area (Å²) in [5.74, 6) is 1.33. The van der Waals surface area contributed by atoms with E-state index in [0.717, 1.165) is 0 Å². The van der Waals surface area contributed by atoms with Gasteiger partial charge >= 0.3 is 0 Å². The Balaban J connectivity index is 1.84. The van der Waals surface area contributed by atoms with Crippen molar-refractivity contribution < 1.29 is 9.59 Å². The van der Waals surface area contributed by atoms with Crippen LogP contribution in [0.4, 0.5) is 0 Å². The van der Waals surface area contributed by atoms with Crippen LogP contribution in [0.15, 0.2) is 42.7 Å². The average molecular weight is 297 g/mol. The summed E-state index contributed by atoms with van der Waals surface area (Å²) in [5, 5.41) is 0. The Kier molecular flexibility index (Phi) is 2.62.